The van der Waals surface area contributed by atoms with Gasteiger partial charge in [-0.1, -0.05) is 36.4 Å². The molecule has 1 aromatic heterocycles. The monoisotopic (exact) mass is 488 g/mol. The van der Waals surface area contributed by atoms with Crippen LogP contribution in [0, 0.1) is 19.7 Å². The lowest BCUT2D eigenvalue weighted by molar-refractivity contribution is 0.138. The molecule has 1 amide bonds. The van der Waals surface area contributed by atoms with Crippen LogP contribution in [-0.4, -0.2) is 22.5 Å². The molecule has 7 heteroatoms. The summed E-state index contributed by atoms with van der Waals surface area (Å²) in [5.41, 5.74) is 3.06. The molecule has 0 saturated heterocycles. The van der Waals surface area contributed by atoms with Crippen molar-refractivity contribution in [2.24, 2.45) is 0 Å². The van der Waals surface area contributed by atoms with Crippen LogP contribution in [-0.2, 0) is 6.61 Å². The second kappa shape index (κ2) is 11.1. The van der Waals surface area contributed by atoms with Gasteiger partial charge >= 0.3 is 6.09 Å². The fourth-order valence-corrected chi connectivity index (χ4v) is 3.80. The first-order chi connectivity index (χ1) is 17.4. The SMILES string of the molecule is CCN(C(=O)Oc1ccc(C)c(F)c1)[C@@H](C)c1ccc(OCc2nc(-c3ccccc3)oc2C)cc1. The van der Waals surface area contributed by atoms with Crippen LogP contribution in [0.2, 0.25) is 0 Å². The average molecular weight is 489 g/mol. The molecule has 0 spiro atoms. The van der Waals surface area contributed by atoms with Gasteiger partial charge in [0.1, 0.15) is 35.4 Å². The number of aryl methyl sites for hydroxylation is 2. The molecule has 1 atom stereocenters. The lowest BCUT2D eigenvalue weighted by Gasteiger charge is -2.27. The fraction of sp³-hybridized carbons (Fsp3) is 0.241. The Balaban J connectivity index is 1.38. The summed E-state index contributed by atoms with van der Waals surface area (Å²) in [6.07, 6.45) is -0.538. The minimum absolute atomic E-state index is 0.177. The number of nitrogens with zero attached hydrogens (tertiary/aromatic N) is 2. The molecule has 4 rings (SSSR count). The molecule has 0 saturated carbocycles. The van der Waals surface area contributed by atoms with Gasteiger partial charge in [0, 0.05) is 18.2 Å². The minimum atomic E-state index is -0.538. The number of aromatic nitrogens is 1. The van der Waals surface area contributed by atoms with E-state index in [-0.39, 0.29) is 18.4 Å². The zero-order valence-corrected chi connectivity index (χ0v) is 20.8. The third-order valence-electron chi connectivity index (χ3n) is 6.04. The Bertz CT molecular complexity index is 1320. The van der Waals surface area contributed by atoms with Crippen molar-refractivity contribution in [1.29, 1.82) is 0 Å². The first-order valence-corrected chi connectivity index (χ1v) is 11.8. The number of carbonyl (C=O) groups excluding carboxylic acids is 1. The normalized spacial score (nSPS) is 11.7. The van der Waals surface area contributed by atoms with Crippen molar-refractivity contribution in [3.05, 3.63) is 101 Å². The highest BCUT2D eigenvalue weighted by Crippen LogP contribution is 2.26. The Morgan fingerprint density at radius 2 is 1.72 bits per heavy atom. The third-order valence-corrected chi connectivity index (χ3v) is 6.04. The highest BCUT2D eigenvalue weighted by molar-refractivity contribution is 5.71. The Kier molecular flexibility index (Phi) is 7.68. The quantitative estimate of drug-likeness (QED) is 0.261. The van der Waals surface area contributed by atoms with E-state index in [2.05, 4.69) is 4.98 Å². The molecular formula is C29H29FN2O4. The molecule has 0 fully saturated rings. The number of rotatable bonds is 8. The van der Waals surface area contributed by atoms with Crippen LogP contribution in [0.4, 0.5) is 9.18 Å². The van der Waals surface area contributed by atoms with E-state index in [0.717, 1.165) is 16.8 Å². The molecule has 0 aliphatic rings. The van der Waals surface area contributed by atoms with Gasteiger partial charge < -0.3 is 18.8 Å². The van der Waals surface area contributed by atoms with E-state index >= 15 is 0 Å². The van der Waals surface area contributed by atoms with Gasteiger partial charge in [0.05, 0.1) is 6.04 Å². The number of amides is 1. The summed E-state index contributed by atoms with van der Waals surface area (Å²) >= 11 is 0. The van der Waals surface area contributed by atoms with Crippen molar-refractivity contribution in [3.63, 3.8) is 0 Å². The van der Waals surface area contributed by atoms with Crippen LogP contribution < -0.4 is 9.47 Å². The van der Waals surface area contributed by atoms with Crippen molar-refractivity contribution < 1.29 is 23.1 Å². The number of benzene rings is 3. The number of hydrogen-bond donors (Lipinski definition) is 0. The molecule has 0 aliphatic heterocycles. The summed E-state index contributed by atoms with van der Waals surface area (Å²) in [6, 6.07) is 21.4. The lowest BCUT2D eigenvalue weighted by atomic mass is 10.1. The fourth-order valence-electron chi connectivity index (χ4n) is 3.80. The van der Waals surface area contributed by atoms with Crippen LogP contribution >= 0.6 is 0 Å². The van der Waals surface area contributed by atoms with Gasteiger partial charge in [0.15, 0.2) is 0 Å². The van der Waals surface area contributed by atoms with Crippen LogP contribution in [0.25, 0.3) is 11.5 Å². The smallest absolute Gasteiger partial charge is 0.415 e. The van der Waals surface area contributed by atoms with Crippen molar-refractivity contribution in [2.45, 2.75) is 40.3 Å². The maximum Gasteiger partial charge on any atom is 0.415 e. The summed E-state index contributed by atoms with van der Waals surface area (Å²) in [6.45, 7) is 8.02. The maximum atomic E-state index is 13.8. The van der Waals surface area contributed by atoms with E-state index < -0.39 is 11.9 Å². The Hall–Kier alpha value is -4.13. The minimum Gasteiger partial charge on any atom is -0.487 e. The van der Waals surface area contributed by atoms with Crippen LogP contribution in [0.5, 0.6) is 11.5 Å². The van der Waals surface area contributed by atoms with Crippen molar-refractivity contribution in [2.75, 3.05) is 6.54 Å². The molecule has 3 aromatic carbocycles. The summed E-state index contributed by atoms with van der Waals surface area (Å²) in [5, 5.41) is 0. The van der Waals surface area contributed by atoms with Crippen LogP contribution in [0.1, 0.15) is 42.5 Å². The van der Waals surface area contributed by atoms with E-state index in [1.807, 2.05) is 75.4 Å². The molecule has 36 heavy (non-hydrogen) atoms. The molecule has 0 aliphatic carbocycles. The van der Waals surface area contributed by atoms with Crippen LogP contribution in [0.3, 0.4) is 0 Å². The van der Waals surface area contributed by atoms with Crippen LogP contribution in [0.15, 0.2) is 77.2 Å². The predicted molar refractivity (Wildman–Crippen MR) is 135 cm³/mol. The van der Waals surface area contributed by atoms with E-state index in [1.165, 1.54) is 6.07 Å². The maximum absolute atomic E-state index is 13.8. The first-order valence-electron chi connectivity index (χ1n) is 11.8. The third kappa shape index (κ3) is 5.74. The second-order valence-corrected chi connectivity index (χ2v) is 8.49. The van der Waals surface area contributed by atoms with Gasteiger partial charge in [-0.3, -0.25) is 0 Å². The number of carbonyl (C=O) groups is 1. The molecular weight excluding hydrogens is 459 g/mol. The highest BCUT2D eigenvalue weighted by atomic mass is 19.1. The number of halogens is 1. The summed E-state index contributed by atoms with van der Waals surface area (Å²) in [7, 11) is 0. The molecule has 0 unspecified atom stereocenters. The molecule has 1 heterocycles. The second-order valence-electron chi connectivity index (χ2n) is 8.49. The number of ether oxygens (including phenoxy) is 2. The zero-order valence-electron chi connectivity index (χ0n) is 20.8. The van der Waals surface area contributed by atoms with Crippen molar-refractivity contribution in [3.8, 4) is 23.0 Å². The molecule has 4 aromatic rings. The van der Waals surface area contributed by atoms with Gasteiger partial charge in [0.2, 0.25) is 5.89 Å². The van der Waals surface area contributed by atoms with E-state index in [1.54, 1.807) is 24.0 Å². The number of hydrogen-bond acceptors (Lipinski definition) is 5. The molecule has 186 valence electrons. The molecule has 0 N–H and O–H groups in total. The highest BCUT2D eigenvalue weighted by Gasteiger charge is 2.22. The lowest BCUT2D eigenvalue weighted by Crippen LogP contribution is -2.35. The van der Waals surface area contributed by atoms with Gasteiger partial charge in [-0.25, -0.2) is 14.2 Å². The van der Waals surface area contributed by atoms with E-state index in [9.17, 15) is 9.18 Å². The Labute approximate surface area is 210 Å². The van der Waals surface area contributed by atoms with Crippen molar-refractivity contribution >= 4 is 6.09 Å². The Morgan fingerprint density at radius 1 is 1.03 bits per heavy atom. The Morgan fingerprint density at radius 3 is 2.39 bits per heavy atom. The molecule has 0 radical (unpaired) electrons. The van der Waals surface area contributed by atoms with Gasteiger partial charge in [-0.05, 0) is 69.2 Å². The van der Waals surface area contributed by atoms with Gasteiger partial charge in [0.25, 0.3) is 0 Å². The molecule has 0 bridgehead atoms. The summed E-state index contributed by atoms with van der Waals surface area (Å²) in [4.78, 5) is 18.9. The zero-order chi connectivity index (χ0) is 25.7. The van der Waals surface area contributed by atoms with E-state index in [4.69, 9.17) is 13.9 Å². The largest absolute Gasteiger partial charge is 0.487 e. The predicted octanol–water partition coefficient (Wildman–Crippen LogP) is 7.26. The summed E-state index contributed by atoms with van der Waals surface area (Å²) in [5.74, 6) is 1.72. The standard InChI is InChI=1S/C29H29FN2O4/c1-5-32(29(33)36-25-14-11-19(2)26(30)17-25)20(3)22-12-15-24(16-13-22)34-18-27-21(4)35-28(31-27)23-9-7-6-8-10-23/h6-17,20H,5,18H2,1-4H3/t20-/m0/s1. The van der Waals surface area contributed by atoms with Crippen molar-refractivity contribution in [1.82, 2.24) is 9.88 Å². The average Bonchev–Trinajstić information content (AvgIpc) is 3.26. The molecule has 6 nitrogen and oxygen atoms in total. The van der Waals surface area contributed by atoms with Gasteiger partial charge in [-0.15, -0.1) is 0 Å². The topological polar surface area (TPSA) is 64.8 Å². The number of oxazole rings is 1. The first kappa shape index (κ1) is 25.0. The van der Waals surface area contributed by atoms with Gasteiger partial charge in [-0.2, -0.15) is 0 Å². The van der Waals surface area contributed by atoms with E-state index in [0.29, 0.717) is 29.5 Å². The summed E-state index contributed by atoms with van der Waals surface area (Å²) < 4.78 is 31.0.